The van der Waals surface area contributed by atoms with Crippen LogP contribution in [0.3, 0.4) is 0 Å². The molecule has 0 aliphatic heterocycles. The number of rotatable bonds is 8. The SMILES string of the molecule is Cc1nc2c3ccccc3nn2c(C)c1CCC(=O)OC(C)C(=O)N(CCC#N)c1ccccc1. The molecule has 2 heterocycles. The van der Waals surface area contributed by atoms with E-state index in [1.165, 1.54) is 4.90 Å². The van der Waals surface area contributed by atoms with E-state index in [0.29, 0.717) is 12.1 Å². The van der Waals surface area contributed by atoms with Gasteiger partial charge >= 0.3 is 5.97 Å². The number of esters is 1. The monoisotopic (exact) mass is 469 g/mol. The van der Waals surface area contributed by atoms with Gasteiger partial charge in [0, 0.05) is 35.4 Å². The van der Waals surface area contributed by atoms with Gasteiger partial charge < -0.3 is 9.64 Å². The number of nitriles is 1. The van der Waals surface area contributed by atoms with Gasteiger partial charge in [-0.2, -0.15) is 10.4 Å². The summed E-state index contributed by atoms with van der Waals surface area (Å²) in [5, 5.41) is 14.6. The molecule has 1 amide bonds. The zero-order valence-corrected chi connectivity index (χ0v) is 20.1. The molecule has 0 N–H and O–H groups in total. The molecule has 4 aromatic rings. The number of para-hydroxylation sites is 1. The molecule has 0 fully saturated rings. The van der Waals surface area contributed by atoms with Gasteiger partial charge in [0.15, 0.2) is 11.8 Å². The first-order chi connectivity index (χ1) is 16.9. The lowest BCUT2D eigenvalue weighted by atomic mass is 10.1. The van der Waals surface area contributed by atoms with E-state index < -0.39 is 12.1 Å². The molecule has 178 valence electrons. The summed E-state index contributed by atoms with van der Waals surface area (Å²) in [6, 6.07) is 19.0. The zero-order valence-electron chi connectivity index (χ0n) is 20.1. The fourth-order valence-electron chi connectivity index (χ4n) is 4.23. The first-order valence-electron chi connectivity index (χ1n) is 11.6. The van der Waals surface area contributed by atoms with Crippen molar-refractivity contribution in [2.45, 2.75) is 46.1 Å². The van der Waals surface area contributed by atoms with Crippen LogP contribution in [0.25, 0.3) is 16.6 Å². The molecule has 0 saturated carbocycles. The Bertz CT molecular complexity index is 1420. The second-order valence-electron chi connectivity index (χ2n) is 8.38. The van der Waals surface area contributed by atoms with Crippen LogP contribution in [0, 0.1) is 25.2 Å². The standard InChI is InChI=1S/C27H27N5O3/c1-18-22(19(2)32-26(29-18)23-12-7-8-13-24(23)30-32)14-15-25(33)35-20(3)27(34)31(17-9-16-28)21-10-5-4-6-11-21/h4-8,10-13,20H,9,14-15,17H2,1-3H3. The fraction of sp³-hybridized carbons (Fsp3) is 0.296. The lowest BCUT2D eigenvalue weighted by molar-refractivity contribution is -0.153. The quantitative estimate of drug-likeness (QED) is 0.357. The lowest BCUT2D eigenvalue weighted by Crippen LogP contribution is -2.40. The van der Waals surface area contributed by atoms with Crippen molar-refractivity contribution < 1.29 is 14.3 Å². The van der Waals surface area contributed by atoms with E-state index in [9.17, 15) is 9.59 Å². The van der Waals surface area contributed by atoms with Crippen molar-refractivity contribution >= 4 is 34.1 Å². The van der Waals surface area contributed by atoms with Crippen molar-refractivity contribution in [3.8, 4) is 6.07 Å². The Hall–Kier alpha value is -4.25. The van der Waals surface area contributed by atoms with Crippen LogP contribution in [0.2, 0.25) is 0 Å². The molecule has 2 aromatic heterocycles. The molecule has 35 heavy (non-hydrogen) atoms. The van der Waals surface area contributed by atoms with E-state index in [0.717, 1.165) is 33.5 Å². The van der Waals surface area contributed by atoms with Gasteiger partial charge in [-0.15, -0.1) is 0 Å². The van der Waals surface area contributed by atoms with E-state index in [1.807, 2.05) is 60.8 Å². The highest BCUT2D eigenvalue weighted by Gasteiger charge is 2.25. The van der Waals surface area contributed by atoms with Gasteiger partial charge in [-0.05, 0) is 57.0 Å². The molecule has 0 radical (unpaired) electrons. The fourth-order valence-corrected chi connectivity index (χ4v) is 4.23. The normalized spacial score (nSPS) is 11.8. The minimum Gasteiger partial charge on any atom is -0.453 e. The largest absolute Gasteiger partial charge is 0.453 e. The molecule has 4 rings (SSSR count). The van der Waals surface area contributed by atoms with Gasteiger partial charge in [0.1, 0.15) is 0 Å². The number of hydrogen-bond donors (Lipinski definition) is 0. The minimum absolute atomic E-state index is 0.108. The predicted molar refractivity (Wildman–Crippen MR) is 133 cm³/mol. The van der Waals surface area contributed by atoms with Gasteiger partial charge in [-0.1, -0.05) is 30.3 Å². The molecule has 1 unspecified atom stereocenters. The second kappa shape index (κ2) is 10.3. The summed E-state index contributed by atoms with van der Waals surface area (Å²) >= 11 is 0. The molecular formula is C27H27N5O3. The number of anilines is 1. The van der Waals surface area contributed by atoms with Crippen LogP contribution in [0.4, 0.5) is 5.69 Å². The summed E-state index contributed by atoms with van der Waals surface area (Å²) in [5.74, 6) is -0.831. The van der Waals surface area contributed by atoms with E-state index >= 15 is 0 Å². The van der Waals surface area contributed by atoms with E-state index in [1.54, 1.807) is 19.1 Å². The van der Waals surface area contributed by atoms with Gasteiger partial charge in [0.05, 0.1) is 18.0 Å². The van der Waals surface area contributed by atoms with Crippen molar-refractivity contribution in [3.05, 3.63) is 71.5 Å². The van der Waals surface area contributed by atoms with Crippen LogP contribution in [-0.2, 0) is 20.7 Å². The average Bonchev–Trinajstić information content (AvgIpc) is 3.23. The molecule has 8 heteroatoms. The van der Waals surface area contributed by atoms with Crippen LogP contribution in [0.1, 0.15) is 36.7 Å². The Morgan fingerprint density at radius 3 is 2.57 bits per heavy atom. The Morgan fingerprint density at radius 1 is 1.11 bits per heavy atom. The molecule has 0 saturated heterocycles. The molecule has 8 nitrogen and oxygen atoms in total. The summed E-state index contributed by atoms with van der Waals surface area (Å²) in [6.07, 6.45) is -0.261. The molecule has 0 bridgehead atoms. The number of ether oxygens (including phenoxy) is 1. The minimum atomic E-state index is -0.972. The molecule has 0 aliphatic rings. The maximum atomic E-state index is 13.0. The van der Waals surface area contributed by atoms with Crippen molar-refractivity contribution in [3.63, 3.8) is 0 Å². The van der Waals surface area contributed by atoms with Gasteiger partial charge in [-0.3, -0.25) is 9.59 Å². The van der Waals surface area contributed by atoms with E-state index in [-0.39, 0.29) is 25.3 Å². The predicted octanol–water partition coefficient (Wildman–Crippen LogP) is 4.31. The number of carbonyl (C=O) groups excluding carboxylic acids is 2. The second-order valence-corrected chi connectivity index (χ2v) is 8.38. The average molecular weight is 470 g/mol. The topological polar surface area (TPSA) is 101 Å². The van der Waals surface area contributed by atoms with Gasteiger partial charge in [0.2, 0.25) is 0 Å². The first-order valence-corrected chi connectivity index (χ1v) is 11.6. The Labute approximate surface area is 203 Å². The molecule has 1 atom stereocenters. The van der Waals surface area contributed by atoms with Gasteiger partial charge in [-0.25, -0.2) is 9.50 Å². The number of amides is 1. The Morgan fingerprint density at radius 2 is 1.83 bits per heavy atom. The molecule has 2 aromatic carbocycles. The summed E-state index contributed by atoms with van der Waals surface area (Å²) in [6.45, 7) is 5.67. The number of fused-ring (bicyclic) bond motifs is 3. The number of aromatic nitrogens is 3. The lowest BCUT2D eigenvalue weighted by Gasteiger charge is -2.25. The molecule has 0 spiro atoms. The van der Waals surface area contributed by atoms with Crippen LogP contribution in [0.15, 0.2) is 54.6 Å². The summed E-state index contributed by atoms with van der Waals surface area (Å²) in [5.41, 5.74) is 5.01. The van der Waals surface area contributed by atoms with Crippen LogP contribution in [0.5, 0.6) is 0 Å². The number of hydrogen-bond acceptors (Lipinski definition) is 6. The summed E-state index contributed by atoms with van der Waals surface area (Å²) in [7, 11) is 0. The third-order valence-electron chi connectivity index (χ3n) is 6.03. The van der Waals surface area contributed by atoms with E-state index in [2.05, 4.69) is 11.2 Å². The van der Waals surface area contributed by atoms with Crippen molar-refractivity contribution in [2.75, 3.05) is 11.4 Å². The molecular weight excluding hydrogens is 442 g/mol. The van der Waals surface area contributed by atoms with Gasteiger partial charge in [0.25, 0.3) is 5.91 Å². The zero-order chi connectivity index (χ0) is 24.9. The third kappa shape index (κ3) is 4.99. The maximum absolute atomic E-state index is 13.0. The van der Waals surface area contributed by atoms with E-state index in [4.69, 9.17) is 15.0 Å². The summed E-state index contributed by atoms with van der Waals surface area (Å²) in [4.78, 5) is 31.9. The third-order valence-corrected chi connectivity index (χ3v) is 6.03. The highest BCUT2D eigenvalue weighted by Crippen LogP contribution is 2.23. The Balaban J connectivity index is 1.45. The number of aryl methyl sites for hydroxylation is 2. The Kier molecular flexibility index (Phi) is 7.06. The van der Waals surface area contributed by atoms with Crippen LogP contribution >= 0.6 is 0 Å². The number of benzene rings is 2. The highest BCUT2D eigenvalue weighted by atomic mass is 16.5. The smallest absolute Gasteiger partial charge is 0.306 e. The van der Waals surface area contributed by atoms with Crippen LogP contribution < -0.4 is 4.90 Å². The number of carbonyl (C=O) groups is 2. The van der Waals surface area contributed by atoms with Crippen molar-refractivity contribution in [1.82, 2.24) is 14.6 Å². The first kappa shape index (κ1) is 23.9. The van der Waals surface area contributed by atoms with Crippen LogP contribution in [-0.4, -0.2) is 39.1 Å². The highest BCUT2D eigenvalue weighted by molar-refractivity contribution is 5.97. The van der Waals surface area contributed by atoms with Crippen molar-refractivity contribution in [2.24, 2.45) is 0 Å². The van der Waals surface area contributed by atoms with Crippen molar-refractivity contribution in [1.29, 1.82) is 5.26 Å². The molecule has 0 aliphatic carbocycles. The summed E-state index contributed by atoms with van der Waals surface area (Å²) < 4.78 is 7.29. The maximum Gasteiger partial charge on any atom is 0.306 e. The number of nitrogens with zero attached hydrogens (tertiary/aromatic N) is 5.